The van der Waals surface area contributed by atoms with Gasteiger partial charge < -0.3 is 9.64 Å². The number of ether oxygens (including phenoxy) is 1. The van der Waals surface area contributed by atoms with Gasteiger partial charge in [-0.2, -0.15) is 0 Å². The molecule has 4 aromatic rings. The molecule has 0 aliphatic rings. The SMILES string of the molecule is COC(=O)Nc1ccc(-n2cnc3c(C)cc(C(=O)N(C)c4ccc(F)cc4)cc32)cn1. The number of hydrogen-bond donors (Lipinski definition) is 1. The van der Waals surface area contributed by atoms with Gasteiger partial charge in [0, 0.05) is 18.3 Å². The third-order valence-electron chi connectivity index (χ3n) is 5.05. The Labute approximate surface area is 183 Å². The number of fused-ring (bicyclic) bond motifs is 1. The van der Waals surface area contributed by atoms with E-state index in [0.717, 1.165) is 16.6 Å². The maximum Gasteiger partial charge on any atom is 0.412 e. The van der Waals surface area contributed by atoms with Crippen molar-refractivity contribution in [2.45, 2.75) is 6.92 Å². The van der Waals surface area contributed by atoms with E-state index >= 15 is 0 Å². The average molecular weight is 433 g/mol. The van der Waals surface area contributed by atoms with Crippen LogP contribution in [0.1, 0.15) is 15.9 Å². The highest BCUT2D eigenvalue weighted by molar-refractivity contribution is 6.07. The number of amides is 2. The zero-order valence-electron chi connectivity index (χ0n) is 17.7. The second-order valence-corrected chi connectivity index (χ2v) is 7.13. The van der Waals surface area contributed by atoms with E-state index in [1.165, 1.54) is 24.1 Å². The van der Waals surface area contributed by atoms with Crippen molar-refractivity contribution in [3.63, 3.8) is 0 Å². The van der Waals surface area contributed by atoms with Gasteiger partial charge in [0.25, 0.3) is 5.91 Å². The highest BCUT2D eigenvalue weighted by Crippen LogP contribution is 2.25. The van der Waals surface area contributed by atoms with Crippen LogP contribution in [0.25, 0.3) is 16.7 Å². The third kappa shape index (κ3) is 4.00. The molecule has 162 valence electrons. The topological polar surface area (TPSA) is 89.3 Å². The first-order valence-corrected chi connectivity index (χ1v) is 9.70. The lowest BCUT2D eigenvalue weighted by Crippen LogP contribution is -2.26. The summed E-state index contributed by atoms with van der Waals surface area (Å²) in [6, 6.07) is 12.7. The van der Waals surface area contributed by atoms with Crippen LogP contribution in [0.4, 0.5) is 20.7 Å². The Bertz CT molecular complexity index is 1300. The van der Waals surface area contributed by atoms with Crippen LogP contribution in [0.3, 0.4) is 0 Å². The average Bonchev–Trinajstić information content (AvgIpc) is 3.23. The molecular formula is C23H20FN5O3. The number of methoxy groups -OCH3 is 1. The number of imidazole rings is 1. The van der Waals surface area contributed by atoms with Gasteiger partial charge in [0.2, 0.25) is 0 Å². The Morgan fingerprint density at radius 1 is 1.09 bits per heavy atom. The minimum absolute atomic E-state index is 0.231. The maximum absolute atomic E-state index is 13.2. The van der Waals surface area contributed by atoms with Crippen molar-refractivity contribution in [1.82, 2.24) is 14.5 Å². The molecule has 0 radical (unpaired) electrons. The van der Waals surface area contributed by atoms with Gasteiger partial charge in [0.1, 0.15) is 18.0 Å². The third-order valence-corrected chi connectivity index (χ3v) is 5.05. The first-order chi connectivity index (χ1) is 15.4. The van der Waals surface area contributed by atoms with Crippen LogP contribution in [-0.4, -0.2) is 40.7 Å². The smallest absolute Gasteiger partial charge is 0.412 e. The molecule has 0 aliphatic heterocycles. The standard InChI is InChI=1S/C23H20FN5O3/c1-14-10-15(22(30)28(2)17-6-4-16(24)5-7-17)11-19-21(14)26-13-29(19)18-8-9-20(25-12-18)27-23(31)32-3/h4-13H,1-3H3,(H,25,27,31). The summed E-state index contributed by atoms with van der Waals surface area (Å²) in [7, 11) is 2.92. The molecule has 0 atom stereocenters. The van der Waals surface area contributed by atoms with Crippen molar-refractivity contribution in [2.75, 3.05) is 24.4 Å². The summed E-state index contributed by atoms with van der Waals surface area (Å²) in [6.45, 7) is 1.88. The van der Waals surface area contributed by atoms with Gasteiger partial charge in [-0.05, 0) is 61.0 Å². The summed E-state index contributed by atoms with van der Waals surface area (Å²) in [5.41, 5.74) is 4.09. The van der Waals surface area contributed by atoms with E-state index in [-0.39, 0.29) is 11.7 Å². The molecule has 4 rings (SSSR count). The molecule has 2 aromatic heterocycles. The summed E-state index contributed by atoms with van der Waals surface area (Å²) in [5, 5.41) is 2.50. The number of carbonyl (C=O) groups is 2. The molecular weight excluding hydrogens is 413 g/mol. The Morgan fingerprint density at radius 2 is 1.84 bits per heavy atom. The van der Waals surface area contributed by atoms with Crippen molar-refractivity contribution < 1.29 is 18.7 Å². The van der Waals surface area contributed by atoms with Gasteiger partial charge in [-0.3, -0.25) is 14.7 Å². The van der Waals surface area contributed by atoms with Crippen molar-refractivity contribution in [2.24, 2.45) is 0 Å². The number of benzene rings is 2. The fourth-order valence-corrected chi connectivity index (χ4v) is 3.35. The Morgan fingerprint density at radius 3 is 2.50 bits per heavy atom. The summed E-state index contributed by atoms with van der Waals surface area (Å²) >= 11 is 0. The second kappa shape index (κ2) is 8.46. The number of pyridine rings is 1. The van der Waals surface area contributed by atoms with Crippen LogP contribution < -0.4 is 10.2 Å². The normalized spacial score (nSPS) is 10.8. The zero-order chi connectivity index (χ0) is 22.8. The monoisotopic (exact) mass is 433 g/mol. The fraction of sp³-hybridized carbons (Fsp3) is 0.130. The van der Waals surface area contributed by atoms with Crippen LogP contribution in [0.2, 0.25) is 0 Å². The minimum Gasteiger partial charge on any atom is -0.453 e. The maximum atomic E-state index is 13.2. The number of aromatic nitrogens is 3. The van der Waals surface area contributed by atoms with Crippen LogP contribution in [0.15, 0.2) is 61.1 Å². The molecule has 0 spiro atoms. The molecule has 0 fully saturated rings. The molecule has 9 heteroatoms. The summed E-state index contributed by atoms with van der Waals surface area (Å²) < 4.78 is 19.6. The molecule has 8 nitrogen and oxygen atoms in total. The number of nitrogens with one attached hydrogen (secondary N) is 1. The van der Waals surface area contributed by atoms with Gasteiger partial charge in [-0.15, -0.1) is 0 Å². The lowest BCUT2D eigenvalue weighted by atomic mass is 10.1. The van der Waals surface area contributed by atoms with Crippen molar-refractivity contribution >= 4 is 34.5 Å². The minimum atomic E-state index is -0.609. The van der Waals surface area contributed by atoms with E-state index in [4.69, 9.17) is 0 Å². The van der Waals surface area contributed by atoms with Crippen molar-refractivity contribution in [3.8, 4) is 5.69 Å². The van der Waals surface area contributed by atoms with Crippen LogP contribution >= 0.6 is 0 Å². The number of aryl methyl sites for hydroxylation is 1. The number of anilines is 2. The van der Waals surface area contributed by atoms with Crippen LogP contribution in [-0.2, 0) is 4.74 Å². The Kier molecular flexibility index (Phi) is 5.55. The van der Waals surface area contributed by atoms with E-state index in [0.29, 0.717) is 22.8 Å². The number of hydrogen-bond acceptors (Lipinski definition) is 5. The van der Waals surface area contributed by atoms with Gasteiger partial charge in [0.15, 0.2) is 0 Å². The molecule has 2 amide bonds. The quantitative estimate of drug-likeness (QED) is 0.518. The molecule has 0 bridgehead atoms. The highest BCUT2D eigenvalue weighted by atomic mass is 19.1. The zero-order valence-corrected chi connectivity index (χ0v) is 17.7. The lowest BCUT2D eigenvalue weighted by molar-refractivity contribution is 0.0993. The number of carbonyl (C=O) groups excluding carboxylic acids is 2. The molecule has 0 saturated carbocycles. The molecule has 1 N–H and O–H groups in total. The molecule has 0 aliphatic carbocycles. The summed E-state index contributed by atoms with van der Waals surface area (Å²) in [4.78, 5) is 34.6. The van der Waals surface area contributed by atoms with Crippen LogP contribution in [0, 0.1) is 12.7 Å². The molecule has 0 unspecified atom stereocenters. The van der Waals surface area contributed by atoms with E-state index < -0.39 is 6.09 Å². The fourth-order valence-electron chi connectivity index (χ4n) is 3.35. The number of rotatable bonds is 4. The van der Waals surface area contributed by atoms with Gasteiger partial charge in [0.05, 0.1) is 30.0 Å². The second-order valence-electron chi connectivity index (χ2n) is 7.13. The van der Waals surface area contributed by atoms with Crippen molar-refractivity contribution in [1.29, 1.82) is 0 Å². The predicted octanol–water partition coefficient (Wildman–Crippen LogP) is 4.32. The van der Waals surface area contributed by atoms with Gasteiger partial charge >= 0.3 is 6.09 Å². The molecule has 2 aromatic carbocycles. The van der Waals surface area contributed by atoms with E-state index in [1.807, 2.05) is 11.5 Å². The molecule has 0 saturated heterocycles. The first kappa shape index (κ1) is 21.0. The molecule has 32 heavy (non-hydrogen) atoms. The van der Waals surface area contributed by atoms with Gasteiger partial charge in [-0.25, -0.2) is 19.2 Å². The summed E-state index contributed by atoms with van der Waals surface area (Å²) in [6.07, 6.45) is 2.63. The van der Waals surface area contributed by atoms with Gasteiger partial charge in [-0.1, -0.05) is 0 Å². The lowest BCUT2D eigenvalue weighted by Gasteiger charge is -2.18. The largest absolute Gasteiger partial charge is 0.453 e. The number of nitrogens with zero attached hydrogens (tertiary/aromatic N) is 4. The predicted molar refractivity (Wildman–Crippen MR) is 119 cm³/mol. The van der Waals surface area contributed by atoms with Crippen molar-refractivity contribution in [3.05, 3.63) is 78.0 Å². The summed E-state index contributed by atoms with van der Waals surface area (Å²) in [5.74, 6) is -0.250. The number of halogens is 1. The highest BCUT2D eigenvalue weighted by Gasteiger charge is 2.17. The van der Waals surface area contributed by atoms with E-state index in [9.17, 15) is 14.0 Å². The Balaban J connectivity index is 1.69. The van der Waals surface area contributed by atoms with E-state index in [2.05, 4.69) is 20.0 Å². The van der Waals surface area contributed by atoms with Crippen LogP contribution in [0.5, 0.6) is 0 Å². The Hall–Kier alpha value is -4.27. The first-order valence-electron chi connectivity index (χ1n) is 9.70. The van der Waals surface area contributed by atoms with E-state index in [1.54, 1.807) is 56.0 Å². The molecule has 2 heterocycles.